The molecule has 6 aliphatic rings. The van der Waals surface area contributed by atoms with Crippen molar-refractivity contribution in [1.82, 2.24) is 15.0 Å². The fourth-order valence-electron chi connectivity index (χ4n) is 15.6. The van der Waals surface area contributed by atoms with Crippen LogP contribution in [0, 0.1) is 0 Å². The van der Waals surface area contributed by atoms with Crippen LogP contribution in [0.5, 0.6) is 0 Å². The second kappa shape index (κ2) is 19.9. The van der Waals surface area contributed by atoms with E-state index in [1.807, 2.05) is 0 Å². The molecular formula is C84H54N6. The van der Waals surface area contributed by atoms with Gasteiger partial charge in [-0.3, -0.25) is 14.7 Å². The predicted octanol–water partition coefficient (Wildman–Crippen LogP) is 20.0. The summed E-state index contributed by atoms with van der Waals surface area (Å²) in [5, 5.41) is 0. The van der Waals surface area contributed by atoms with Crippen LogP contribution in [-0.4, -0.2) is 15.0 Å². The van der Waals surface area contributed by atoms with Crippen LogP contribution in [0.1, 0.15) is 100 Å². The first kappa shape index (κ1) is 50.4. The number of benzene rings is 12. The Morgan fingerprint density at radius 3 is 0.500 bits per heavy atom. The van der Waals surface area contributed by atoms with E-state index in [0.717, 1.165) is 86.8 Å². The minimum Gasteiger partial charge on any atom is -0.278 e. The molecule has 420 valence electrons. The number of rotatable bonds is 3. The van der Waals surface area contributed by atoms with Crippen LogP contribution in [0.4, 0.5) is 52.0 Å². The van der Waals surface area contributed by atoms with Gasteiger partial charge in [0.2, 0.25) is 17.8 Å². The predicted molar refractivity (Wildman–Crippen MR) is 366 cm³/mol. The lowest BCUT2D eigenvalue weighted by molar-refractivity contribution is 0.954. The van der Waals surface area contributed by atoms with E-state index >= 15 is 0 Å². The highest BCUT2D eigenvalue weighted by Crippen LogP contribution is 2.58. The zero-order valence-electron chi connectivity index (χ0n) is 49.0. The van der Waals surface area contributed by atoms with Gasteiger partial charge in [-0.15, -0.1) is 0 Å². The largest absolute Gasteiger partial charge is 0.278 e. The van der Waals surface area contributed by atoms with E-state index in [1.165, 1.54) is 100 Å². The maximum absolute atomic E-state index is 5.90. The first-order valence-electron chi connectivity index (χ1n) is 31.2. The van der Waals surface area contributed by atoms with Gasteiger partial charge in [-0.1, -0.05) is 255 Å². The molecule has 19 rings (SSSR count). The fraction of sp³-hybridized carbons (Fsp3) is 0.0357. The molecule has 6 heteroatoms. The molecule has 3 aliphatic carbocycles. The molecule has 0 bridgehead atoms. The standard InChI is InChI=1S/C84H54N6/c1-7-31-58-52(25-1)49-53-26-2-8-32-59(53)76(58)79-64-37-13-19-43-70(64)88(71-44-20-14-38-65(71)79)82-85-83(89-72-45-21-15-39-66(72)80(67-40-16-22-46-73(67)89)77-60-33-9-3-27-54(60)50-55-28-4-10-34-61(55)77)87-84(86-82)90-74-47-23-17-41-68(74)81(69-42-18-24-48-75(69)90)78-62-35-11-5-29-56(62)51-57-30-6-12-36-63(57)78/h1-48H,49-51H2. The van der Waals surface area contributed by atoms with Crippen LogP contribution < -0.4 is 14.7 Å². The molecule has 0 fully saturated rings. The Balaban J connectivity index is 0.894. The Labute approximate surface area is 522 Å². The van der Waals surface area contributed by atoms with Gasteiger partial charge >= 0.3 is 0 Å². The number of anilines is 9. The summed E-state index contributed by atoms with van der Waals surface area (Å²) in [7, 11) is 0. The number of hydrogen-bond acceptors (Lipinski definition) is 6. The van der Waals surface area contributed by atoms with Crippen molar-refractivity contribution in [2.45, 2.75) is 19.3 Å². The zero-order valence-corrected chi connectivity index (χ0v) is 49.0. The molecule has 0 saturated carbocycles. The van der Waals surface area contributed by atoms with Crippen molar-refractivity contribution in [2.75, 3.05) is 14.7 Å². The summed E-state index contributed by atoms with van der Waals surface area (Å²) in [4.78, 5) is 24.6. The van der Waals surface area contributed by atoms with Crippen molar-refractivity contribution in [2.24, 2.45) is 0 Å². The lowest BCUT2D eigenvalue weighted by atomic mass is 9.76. The van der Waals surface area contributed by atoms with Gasteiger partial charge in [0.05, 0.1) is 34.1 Å². The molecule has 1 aromatic heterocycles. The van der Waals surface area contributed by atoms with Crippen LogP contribution in [0.2, 0.25) is 0 Å². The van der Waals surface area contributed by atoms with Crippen molar-refractivity contribution >= 4 is 85.4 Å². The highest BCUT2D eigenvalue weighted by Gasteiger charge is 2.40. The van der Waals surface area contributed by atoms with Gasteiger partial charge in [0.25, 0.3) is 0 Å². The number of para-hydroxylation sites is 6. The van der Waals surface area contributed by atoms with E-state index in [0.29, 0.717) is 17.8 Å². The minimum absolute atomic E-state index is 0.492. The Bertz CT molecular complexity index is 4510. The van der Waals surface area contributed by atoms with Gasteiger partial charge < -0.3 is 0 Å². The van der Waals surface area contributed by atoms with Gasteiger partial charge in [-0.2, -0.15) is 15.0 Å². The molecule has 0 spiro atoms. The summed E-state index contributed by atoms with van der Waals surface area (Å²) in [6.45, 7) is 0. The molecule has 90 heavy (non-hydrogen) atoms. The van der Waals surface area contributed by atoms with E-state index < -0.39 is 0 Å². The SMILES string of the molecule is c1ccc2c(c1)Cc1ccccc1C2=C1c2ccccc2N(c2nc(N3c4ccccc4C(=C4c5ccccc5Cc5ccccc54)c4ccccc43)nc(N3c4ccccc4C(=C4c5ccccc5Cc5ccccc54)c4ccccc43)n2)c2ccccc21. The van der Waals surface area contributed by atoms with Crippen LogP contribution in [0.25, 0.3) is 33.4 Å². The summed E-state index contributed by atoms with van der Waals surface area (Å²) in [5.41, 5.74) is 35.1. The van der Waals surface area contributed by atoms with Crippen molar-refractivity contribution < 1.29 is 0 Å². The van der Waals surface area contributed by atoms with Crippen LogP contribution in [0.15, 0.2) is 291 Å². The van der Waals surface area contributed by atoms with Crippen molar-refractivity contribution in [3.63, 3.8) is 0 Å². The third kappa shape index (κ3) is 7.49. The second-order valence-electron chi connectivity index (χ2n) is 24.1. The Morgan fingerprint density at radius 1 is 0.167 bits per heavy atom. The van der Waals surface area contributed by atoms with E-state index in [4.69, 9.17) is 15.0 Å². The first-order valence-corrected chi connectivity index (χ1v) is 31.2. The molecule has 6 nitrogen and oxygen atoms in total. The van der Waals surface area contributed by atoms with Gasteiger partial charge in [0.15, 0.2) is 0 Å². The number of hydrogen-bond donors (Lipinski definition) is 0. The third-order valence-corrected chi connectivity index (χ3v) is 19.3. The van der Waals surface area contributed by atoms with Crippen LogP contribution >= 0.6 is 0 Å². The Hall–Kier alpha value is -11.7. The molecule has 0 unspecified atom stereocenters. The summed E-state index contributed by atoms with van der Waals surface area (Å²) < 4.78 is 0. The van der Waals surface area contributed by atoms with E-state index in [1.54, 1.807) is 0 Å². The minimum atomic E-state index is 0.492. The lowest BCUT2D eigenvalue weighted by Crippen LogP contribution is -2.27. The van der Waals surface area contributed by atoms with Gasteiger partial charge in [0.1, 0.15) is 0 Å². The Morgan fingerprint density at radius 2 is 0.311 bits per heavy atom. The number of nitrogens with zero attached hydrogens (tertiary/aromatic N) is 6. The lowest BCUT2D eigenvalue weighted by Gasteiger charge is -2.39. The second-order valence-corrected chi connectivity index (χ2v) is 24.1. The summed E-state index contributed by atoms with van der Waals surface area (Å²) >= 11 is 0. The van der Waals surface area contributed by atoms with Crippen molar-refractivity contribution in [3.8, 4) is 0 Å². The first-order chi connectivity index (χ1) is 44.7. The molecule has 3 aliphatic heterocycles. The average Bonchev–Trinajstić information content (AvgIpc) is 0.753. The van der Waals surface area contributed by atoms with E-state index in [2.05, 4.69) is 306 Å². The highest BCUT2D eigenvalue weighted by molar-refractivity contribution is 6.17. The third-order valence-electron chi connectivity index (χ3n) is 19.3. The smallest absolute Gasteiger partial charge is 0.241 e. The molecule has 0 amide bonds. The fourth-order valence-corrected chi connectivity index (χ4v) is 15.6. The van der Waals surface area contributed by atoms with E-state index in [9.17, 15) is 0 Å². The average molecular weight is 1150 g/mol. The molecular weight excluding hydrogens is 1090 g/mol. The monoisotopic (exact) mass is 1150 g/mol. The number of aromatic nitrogens is 3. The molecule has 0 radical (unpaired) electrons. The van der Waals surface area contributed by atoms with Crippen molar-refractivity contribution in [1.29, 1.82) is 0 Å². The number of fused-ring (bicyclic) bond motifs is 12. The summed E-state index contributed by atoms with van der Waals surface area (Å²) in [6, 6.07) is 107. The highest BCUT2D eigenvalue weighted by atomic mass is 15.4. The van der Waals surface area contributed by atoms with Crippen LogP contribution in [0.3, 0.4) is 0 Å². The summed E-state index contributed by atoms with van der Waals surface area (Å²) in [6.07, 6.45) is 2.62. The van der Waals surface area contributed by atoms with E-state index in [-0.39, 0.29) is 0 Å². The quantitative estimate of drug-likeness (QED) is 0.176. The van der Waals surface area contributed by atoms with Crippen LogP contribution in [-0.2, 0) is 19.3 Å². The topological polar surface area (TPSA) is 48.4 Å². The van der Waals surface area contributed by atoms with Gasteiger partial charge in [-0.25, -0.2) is 0 Å². The summed E-state index contributed by atoms with van der Waals surface area (Å²) in [5.74, 6) is 1.48. The Kier molecular flexibility index (Phi) is 11.2. The van der Waals surface area contributed by atoms with Gasteiger partial charge in [0, 0.05) is 50.1 Å². The maximum atomic E-state index is 5.90. The van der Waals surface area contributed by atoms with Gasteiger partial charge in [-0.05, 0) is 139 Å². The normalized spacial score (nSPS) is 14.3. The van der Waals surface area contributed by atoms with Crippen molar-refractivity contribution in [3.05, 3.63) is 391 Å². The molecule has 0 atom stereocenters. The molecule has 4 heterocycles. The molecule has 12 aromatic carbocycles. The zero-order chi connectivity index (χ0) is 59.0. The maximum Gasteiger partial charge on any atom is 0.241 e. The molecule has 0 N–H and O–H groups in total. The molecule has 13 aromatic rings. The molecule has 0 saturated heterocycles.